The molecule has 2 aromatic rings. The number of rotatable bonds is 5. The van der Waals surface area contributed by atoms with Crippen LogP contribution >= 0.6 is 24.2 Å². The molecule has 0 spiro atoms. The number of nitrogens with zero attached hydrogens (tertiary/aromatic N) is 3. The fourth-order valence-corrected chi connectivity index (χ4v) is 3.43. The number of carbonyl (C=O) groups is 1. The van der Waals surface area contributed by atoms with Crippen LogP contribution in [0.1, 0.15) is 11.9 Å². The van der Waals surface area contributed by atoms with E-state index in [-0.39, 0.29) is 24.4 Å². The van der Waals surface area contributed by atoms with Gasteiger partial charge in [-0.3, -0.25) is 9.69 Å². The zero-order valence-corrected chi connectivity index (χ0v) is 16.1. The largest absolute Gasteiger partial charge is 0.337 e. The Morgan fingerprint density at radius 2 is 2.32 bits per heavy atom. The van der Waals surface area contributed by atoms with Crippen molar-refractivity contribution in [2.75, 3.05) is 37.8 Å². The van der Waals surface area contributed by atoms with Gasteiger partial charge in [0.05, 0.1) is 12.6 Å². The minimum Gasteiger partial charge on any atom is -0.337 e. The molecule has 3 rings (SSSR count). The highest BCUT2D eigenvalue weighted by Crippen LogP contribution is 2.21. The first-order valence-electron chi connectivity index (χ1n) is 8.03. The molecule has 1 fully saturated rings. The Morgan fingerprint density at radius 3 is 3.04 bits per heavy atom. The van der Waals surface area contributed by atoms with E-state index in [9.17, 15) is 4.79 Å². The third-order valence-electron chi connectivity index (χ3n) is 4.21. The van der Waals surface area contributed by atoms with Crippen molar-refractivity contribution in [3.8, 4) is 0 Å². The number of piperazine rings is 1. The average Bonchev–Trinajstić information content (AvgIpc) is 3.01. The molecule has 0 bridgehead atoms. The molecule has 1 aromatic heterocycles. The van der Waals surface area contributed by atoms with Crippen LogP contribution in [0.3, 0.4) is 0 Å². The molecule has 136 valence electrons. The first-order chi connectivity index (χ1) is 11.7. The third-order valence-corrected chi connectivity index (χ3v) is 4.94. The summed E-state index contributed by atoms with van der Waals surface area (Å²) in [6, 6.07) is 8.03. The summed E-state index contributed by atoms with van der Waals surface area (Å²) in [7, 11) is 1.99. The van der Waals surface area contributed by atoms with Gasteiger partial charge in [0, 0.05) is 49.7 Å². The smallest absolute Gasteiger partial charge is 0.238 e. The van der Waals surface area contributed by atoms with Gasteiger partial charge in [-0.1, -0.05) is 6.07 Å². The zero-order valence-electron chi connectivity index (χ0n) is 14.4. The molecule has 8 heteroatoms. The number of benzene rings is 1. The quantitative estimate of drug-likeness (QED) is 0.777. The van der Waals surface area contributed by atoms with Crippen molar-refractivity contribution in [3.63, 3.8) is 0 Å². The third kappa shape index (κ3) is 4.98. The summed E-state index contributed by atoms with van der Waals surface area (Å²) in [4.78, 5) is 20.3. The lowest BCUT2D eigenvalue weighted by atomic mass is 10.1. The van der Waals surface area contributed by atoms with Gasteiger partial charge in [0.1, 0.15) is 5.82 Å². The van der Waals surface area contributed by atoms with Gasteiger partial charge in [-0.15, -0.1) is 24.2 Å². The second kappa shape index (κ2) is 9.24. The van der Waals surface area contributed by atoms with Crippen molar-refractivity contribution in [1.82, 2.24) is 19.8 Å². The molecule has 2 N–H and O–H groups in total. The van der Waals surface area contributed by atoms with Crippen LogP contribution < -0.4 is 10.6 Å². The van der Waals surface area contributed by atoms with Crippen molar-refractivity contribution in [1.29, 1.82) is 0 Å². The normalized spacial score (nSPS) is 17.8. The maximum Gasteiger partial charge on any atom is 0.238 e. The van der Waals surface area contributed by atoms with Crippen LogP contribution in [0.5, 0.6) is 0 Å². The number of anilines is 1. The lowest BCUT2D eigenvalue weighted by molar-refractivity contribution is -0.118. The van der Waals surface area contributed by atoms with Gasteiger partial charge in [-0.25, -0.2) is 4.98 Å². The van der Waals surface area contributed by atoms with Crippen LogP contribution in [0.15, 0.2) is 41.6 Å². The van der Waals surface area contributed by atoms with Crippen LogP contribution in [0, 0.1) is 0 Å². The van der Waals surface area contributed by atoms with E-state index in [0.717, 1.165) is 36.0 Å². The second-order valence-corrected chi connectivity index (χ2v) is 6.75. The predicted molar refractivity (Wildman–Crippen MR) is 104 cm³/mol. The fourth-order valence-electron chi connectivity index (χ4n) is 2.97. The maximum atomic E-state index is 12.5. The number of thioether (sulfide) groups is 1. The molecule has 0 saturated carbocycles. The molecule has 6 nitrogen and oxygen atoms in total. The number of imidazole rings is 1. The number of amides is 1. The van der Waals surface area contributed by atoms with Gasteiger partial charge < -0.3 is 15.2 Å². The molecule has 0 radical (unpaired) electrons. The molecule has 25 heavy (non-hydrogen) atoms. The van der Waals surface area contributed by atoms with Crippen molar-refractivity contribution in [2.24, 2.45) is 7.05 Å². The Balaban J connectivity index is 0.00000225. The molecule has 1 aromatic carbocycles. The summed E-state index contributed by atoms with van der Waals surface area (Å²) >= 11 is 1.66. The Labute approximate surface area is 158 Å². The maximum absolute atomic E-state index is 12.5. The molecule has 1 unspecified atom stereocenters. The van der Waals surface area contributed by atoms with Gasteiger partial charge in [0.2, 0.25) is 5.91 Å². The summed E-state index contributed by atoms with van der Waals surface area (Å²) in [5, 5.41) is 6.39. The average molecular weight is 382 g/mol. The molecule has 0 aliphatic carbocycles. The van der Waals surface area contributed by atoms with Crippen molar-refractivity contribution >= 4 is 35.8 Å². The van der Waals surface area contributed by atoms with E-state index in [4.69, 9.17) is 0 Å². The van der Waals surface area contributed by atoms with E-state index < -0.39 is 0 Å². The first kappa shape index (κ1) is 19.8. The Bertz CT molecular complexity index is 708. The number of hydrogen-bond acceptors (Lipinski definition) is 5. The summed E-state index contributed by atoms with van der Waals surface area (Å²) in [5.74, 6) is 0.994. The Hall–Kier alpha value is -1.54. The van der Waals surface area contributed by atoms with Crippen molar-refractivity contribution < 1.29 is 4.79 Å². The number of aromatic nitrogens is 2. The molecule has 1 saturated heterocycles. The SMILES string of the molecule is CSc1cccc(NC(=O)CN2CCNCC2c2nccn2C)c1.Cl. The molecule has 1 atom stereocenters. The summed E-state index contributed by atoms with van der Waals surface area (Å²) in [6.07, 6.45) is 5.77. The summed E-state index contributed by atoms with van der Waals surface area (Å²) < 4.78 is 2.02. The van der Waals surface area contributed by atoms with E-state index in [2.05, 4.69) is 20.5 Å². The van der Waals surface area contributed by atoms with E-state index in [1.165, 1.54) is 0 Å². The Kier molecular flexibility index (Phi) is 7.31. The van der Waals surface area contributed by atoms with Crippen molar-refractivity contribution in [3.05, 3.63) is 42.5 Å². The van der Waals surface area contributed by atoms with Crippen LogP contribution in [0.2, 0.25) is 0 Å². The molecule has 1 amide bonds. The van der Waals surface area contributed by atoms with Crippen molar-refractivity contribution in [2.45, 2.75) is 10.9 Å². The number of nitrogens with one attached hydrogen (secondary N) is 2. The van der Waals surface area contributed by atoms with Crippen LogP contribution in [-0.2, 0) is 11.8 Å². The number of hydrogen-bond donors (Lipinski definition) is 2. The number of carbonyl (C=O) groups excluding carboxylic acids is 1. The van der Waals surface area contributed by atoms with E-state index in [1.54, 1.807) is 18.0 Å². The standard InChI is InChI=1S/C17H23N5OS.ClH/c1-21-8-7-19-17(21)15-11-18-6-9-22(15)12-16(23)20-13-4-3-5-14(10-13)24-2;/h3-5,7-8,10,15,18H,6,9,11-12H2,1-2H3,(H,20,23);1H. The highest BCUT2D eigenvalue weighted by atomic mass is 35.5. The molecule has 2 heterocycles. The van der Waals surface area contributed by atoms with Gasteiger partial charge >= 0.3 is 0 Å². The number of halogens is 1. The van der Waals surface area contributed by atoms with Crippen LogP contribution in [-0.4, -0.2) is 52.8 Å². The second-order valence-electron chi connectivity index (χ2n) is 5.87. The molecule has 1 aliphatic heterocycles. The lowest BCUT2D eigenvalue weighted by Crippen LogP contribution is -2.49. The van der Waals surface area contributed by atoms with E-state index in [1.807, 2.05) is 48.3 Å². The summed E-state index contributed by atoms with van der Waals surface area (Å²) in [6.45, 7) is 2.88. The van der Waals surface area contributed by atoms with Crippen LogP contribution in [0.4, 0.5) is 5.69 Å². The fraction of sp³-hybridized carbons (Fsp3) is 0.412. The predicted octanol–water partition coefficient (Wildman–Crippen LogP) is 2.15. The summed E-state index contributed by atoms with van der Waals surface area (Å²) in [5.41, 5.74) is 0.843. The molecular formula is C17H24ClN5OS. The number of aryl methyl sites for hydroxylation is 1. The monoisotopic (exact) mass is 381 g/mol. The van der Waals surface area contributed by atoms with E-state index in [0.29, 0.717) is 6.54 Å². The zero-order chi connectivity index (χ0) is 16.9. The van der Waals surface area contributed by atoms with Gasteiger partial charge in [-0.2, -0.15) is 0 Å². The highest BCUT2D eigenvalue weighted by molar-refractivity contribution is 7.98. The lowest BCUT2D eigenvalue weighted by Gasteiger charge is -2.35. The molecule has 1 aliphatic rings. The van der Waals surface area contributed by atoms with Gasteiger partial charge in [-0.05, 0) is 24.5 Å². The topological polar surface area (TPSA) is 62.2 Å². The highest BCUT2D eigenvalue weighted by Gasteiger charge is 2.28. The minimum absolute atomic E-state index is 0. The van der Waals surface area contributed by atoms with Gasteiger partial charge in [0.15, 0.2) is 0 Å². The van der Waals surface area contributed by atoms with Gasteiger partial charge in [0.25, 0.3) is 0 Å². The minimum atomic E-state index is 0. The van der Waals surface area contributed by atoms with E-state index >= 15 is 0 Å². The molecular weight excluding hydrogens is 358 g/mol. The first-order valence-corrected chi connectivity index (χ1v) is 9.26. The van der Waals surface area contributed by atoms with Crippen LogP contribution in [0.25, 0.3) is 0 Å². The Morgan fingerprint density at radius 1 is 1.48 bits per heavy atom.